The number of halogens is 1. The lowest BCUT2D eigenvalue weighted by atomic mass is 10.1. The number of nitriles is 1. The maximum Gasteiger partial charge on any atom is 0.164 e. The van der Waals surface area contributed by atoms with Gasteiger partial charge in [0.15, 0.2) is 11.5 Å². The predicted octanol–water partition coefficient (Wildman–Crippen LogP) is 2.25. The van der Waals surface area contributed by atoms with E-state index in [4.69, 9.17) is 14.7 Å². The Morgan fingerprint density at radius 1 is 1.40 bits per heavy atom. The Balaban J connectivity index is 2.47. The van der Waals surface area contributed by atoms with E-state index in [-0.39, 0.29) is 5.56 Å². The van der Waals surface area contributed by atoms with Crippen LogP contribution in [0.5, 0.6) is 11.5 Å². The molecule has 1 aromatic carbocycles. The average Bonchev–Trinajstić information content (AvgIpc) is 2.17. The van der Waals surface area contributed by atoms with Crippen molar-refractivity contribution >= 4 is 0 Å². The molecule has 0 aliphatic carbocycles. The van der Waals surface area contributed by atoms with Crippen molar-refractivity contribution < 1.29 is 13.9 Å². The number of hydrogen-bond donors (Lipinski definition) is 0. The van der Waals surface area contributed by atoms with Crippen molar-refractivity contribution in [3.05, 3.63) is 23.5 Å². The van der Waals surface area contributed by atoms with Gasteiger partial charge in [0, 0.05) is 12.1 Å². The van der Waals surface area contributed by atoms with Crippen LogP contribution in [0.2, 0.25) is 0 Å². The second-order valence-electron chi connectivity index (χ2n) is 4.04. The van der Waals surface area contributed by atoms with Crippen LogP contribution in [0, 0.1) is 17.1 Å². The number of ether oxygens (including phenoxy) is 2. The topological polar surface area (TPSA) is 42.2 Å². The van der Waals surface area contributed by atoms with E-state index in [0.29, 0.717) is 18.1 Å². The smallest absolute Gasteiger partial charge is 0.164 e. The van der Waals surface area contributed by atoms with Crippen LogP contribution in [-0.2, 0) is 0 Å². The molecule has 0 atom stereocenters. The second kappa shape index (κ2) is 3.13. The summed E-state index contributed by atoms with van der Waals surface area (Å²) >= 11 is 0. The Kier molecular flexibility index (Phi) is 2.04. The van der Waals surface area contributed by atoms with Gasteiger partial charge in [-0.25, -0.2) is 4.39 Å². The van der Waals surface area contributed by atoms with Gasteiger partial charge < -0.3 is 9.47 Å². The number of nitrogens with zero attached hydrogens (tertiary/aromatic N) is 1. The van der Waals surface area contributed by atoms with Gasteiger partial charge in [-0.15, -0.1) is 0 Å². The molecular weight excluding hydrogens is 197 g/mol. The molecule has 4 heteroatoms. The fourth-order valence-corrected chi connectivity index (χ4v) is 1.39. The first-order valence-electron chi connectivity index (χ1n) is 4.57. The SMILES string of the molecule is CC1(C)COc2cc(F)c(C#N)cc2O1. The maximum atomic E-state index is 13.2. The lowest BCUT2D eigenvalue weighted by Gasteiger charge is -2.32. The van der Waals surface area contributed by atoms with Crippen LogP contribution in [0.1, 0.15) is 19.4 Å². The van der Waals surface area contributed by atoms with Crippen molar-refractivity contribution in [3.63, 3.8) is 0 Å². The third kappa shape index (κ3) is 1.73. The van der Waals surface area contributed by atoms with Gasteiger partial charge in [-0.2, -0.15) is 5.26 Å². The van der Waals surface area contributed by atoms with Gasteiger partial charge in [0.2, 0.25) is 0 Å². The van der Waals surface area contributed by atoms with Crippen LogP contribution in [0.25, 0.3) is 0 Å². The van der Waals surface area contributed by atoms with Crippen molar-refractivity contribution in [1.82, 2.24) is 0 Å². The van der Waals surface area contributed by atoms with E-state index in [0.717, 1.165) is 0 Å². The third-order valence-electron chi connectivity index (χ3n) is 2.12. The van der Waals surface area contributed by atoms with Crippen LogP contribution in [0.4, 0.5) is 4.39 Å². The Bertz CT molecular complexity index is 449. The highest BCUT2D eigenvalue weighted by Gasteiger charge is 2.29. The first-order chi connectivity index (χ1) is 7.02. The second-order valence-corrected chi connectivity index (χ2v) is 4.04. The molecule has 0 bridgehead atoms. The van der Waals surface area contributed by atoms with Gasteiger partial charge in [0.05, 0.1) is 5.56 Å². The molecule has 78 valence electrons. The third-order valence-corrected chi connectivity index (χ3v) is 2.12. The minimum absolute atomic E-state index is 0.0324. The van der Waals surface area contributed by atoms with Crippen molar-refractivity contribution in [3.8, 4) is 17.6 Å². The first kappa shape index (κ1) is 9.78. The molecule has 0 aromatic heterocycles. The summed E-state index contributed by atoms with van der Waals surface area (Å²) in [5.41, 5.74) is -0.479. The van der Waals surface area contributed by atoms with Crippen molar-refractivity contribution in [1.29, 1.82) is 5.26 Å². The van der Waals surface area contributed by atoms with E-state index in [1.807, 2.05) is 13.8 Å². The van der Waals surface area contributed by atoms with Gasteiger partial charge in [0.1, 0.15) is 24.1 Å². The van der Waals surface area contributed by atoms with Gasteiger partial charge in [-0.3, -0.25) is 0 Å². The Morgan fingerprint density at radius 3 is 2.80 bits per heavy atom. The van der Waals surface area contributed by atoms with Gasteiger partial charge in [0.25, 0.3) is 0 Å². The van der Waals surface area contributed by atoms with E-state index < -0.39 is 11.4 Å². The molecule has 1 heterocycles. The van der Waals surface area contributed by atoms with Crippen molar-refractivity contribution in [2.24, 2.45) is 0 Å². The fraction of sp³-hybridized carbons (Fsp3) is 0.364. The van der Waals surface area contributed by atoms with E-state index >= 15 is 0 Å². The molecule has 0 radical (unpaired) electrons. The normalized spacial score (nSPS) is 16.9. The van der Waals surface area contributed by atoms with E-state index in [1.165, 1.54) is 12.1 Å². The summed E-state index contributed by atoms with van der Waals surface area (Å²) in [6, 6.07) is 4.31. The Morgan fingerprint density at radius 2 is 2.13 bits per heavy atom. The molecule has 1 aromatic rings. The average molecular weight is 207 g/mol. The Labute approximate surface area is 87.0 Å². The minimum atomic E-state index is -0.584. The molecule has 1 aliphatic heterocycles. The number of rotatable bonds is 0. The molecule has 2 rings (SSSR count). The van der Waals surface area contributed by atoms with Gasteiger partial charge in [-0.05, 0) is 13.8 Å². The summed E-state index contributed by atoms with van der Waals surface area (Å²) in [6.07, 6.45) is 0. The largest absolute Gasteiger partial charge is 0.485 e. The van der Waals surface area contributed by atoms with Crippen LogP contribution >= 0.6 is 0 Å². The zero-order valence-electron chi connectivity index (χ0n) is 8.50. The molecule has 1 aliphatic rings. The van der Waals surface area contributed by atoms with Gasteiger partial charge in [-0.1, -0.05) is 0 Å². The minimum Gasteiger partial charge on any atom is -0.485 e. The number of benzene rings is 1. The highest BCUT2D eigenvalue weighted by Crippen LogP contribution is 2.36. The van der Waals surface area contributed by atoms with Crippen LogP contribution in [0.15, 0.2) is 12.1 Å². The highest BCUT2D eigenvalue weighted by atomic mass is 19.1. The molecule has 0 unspecified atom stereocenters. The maximum absolute atomic E-state index is 13.2. The molecule has 0 amide bonds. The summed E-state index contributed by atoms with van der Waals surface area (Å²) in [7, 11) is 0. The van der Waals surface area contributed by atoms with Crippen LogP contribution in [-0.4, -0.2) is 12.2 Å². The number of fused-ring (bicyclic) bond motifs is 1. The van der Waals surface area contributed by atoms with Gasteiger partial charge >= 0.3 is 0 Å². The zero-order chi connectivity index (χ0) is 11.1. The molecule has 0 saturated heterocycles. The summed E-state index contributed by atoms with van der Waals surface area (Å²) in [6.45, 7) is 4.10. The number of hydrogen-bond acceptors (Lipinski definition) is 3. The summed E-state index contributed by atoms with van der Waals surface area (Å²) in [5.74, 6) is 0.189. The lowest BCUT2D eigenvalue weighted by Crippen LogP contribution is -2.38. The zero-order valence-corrected chi connectivity index (χ0v) is 8.50. The molecule has 15 heavy (non-hydrogen) atoms. The summed E-state index contributed by atoms with van der Waals surface area (Å²) in [4.78, 5) is 0. The molecule has 0 N–H and O–H groups in total. The van der Waals surface area contributed by atoms with E-state index in [1.54, 1.807) is 6.07 Å². The Hall–Kier alpha value is -1.76. The monoisotopic (exact) mass is 207 g/mol. The lowest BCUT2D eigenvalue weighted by molar-refractivity contribution is 0.0209. The molecular formula is C11H10FNO2. The predicted molar refractivity (Wildman–Crippen MR) is 51.3 cm³/mol. The quantitative estimate of drug-likeness (QED) is 0.655. The molecule has 0 saturated carbocycles. The standard InChI is InChI=1S/C11H10FNO2/c1-11(2)6-14-9-4-8(12)7(5-13)3-10(9)15-11/h3-4H,6H2,1-2H3. The molecule has 0 fully saturated rings. The van der Waals surface area contributed by atoms with E-state index in [9.17, 15) is 4.39 Å². The van der Waals surface area contributed by atoms with Crippen LogP contribution in [0.3, 0.4) is 0 Å². The summed E-state index contributed by atoms with van der Waals surface area (Å²) in [5, 5.41) is 8.66. The van der Waals surface area contributed by atoms with E-state index in [2.05, 4.69) is 0 Å². The van der Waals surface area contributed by atoms with Crippen LogP contribution < -0.4 is 9.47 Å². The fourth-order valence-electron chi connectivity index (χ4n) is 1.39. The molecule has 0 spiro atoms. The first-order valence-corrected chi connectivity index (χ1v) is 4.57. The van der Waals surface area contributed by atoms with Crippen molar-refractivity contribution in [2.75, 3.05) is 6.61 Å². The highest BCUT2D eigenvalue weighted by molar-refractivity contribution is 5.48. The molecule has 3 nitrogen and oxygen atoms in total. The summed E-state index contributed by atoms with van der Waals surface area (Å²) < 4.78 is 24.1. The van der Waals surface area contributed by atoms with Crippen molar-refractivity contribution in [2.45, 2.75) is 19.4 Å².